The molecule has 0 unspecified atom stereocenters. The normalized spacial score (nSPS) is 11.1. The van der Waals surface area contributed by atoms with E-state index in [1.807, 2.05) is 0 Å². The second-order valence-corrected chi connectivity index (χ2v) is 7.40. The van der Waals surface area contributed by atoms with Crippen LogP contribution in [0.25, 0.3) is 22.0 Å². The number of nitrogens with zero attached hydrogens (tertiary/aromatic N) is 2. The second-order valence-electron chi connectivity index (χ2n) is 7.40. The van der Waals surface area contributed by atoms with E-state index in [-0.39, 0.29) is 0 Å². The van der Waals surface area contributed by atoms with Gasteiger partial charge < -0.3 is 0 Å². The number of fused-ring (bicyclic) bond motifs is 1. The number of benzene rings is 3. The van der Waals surface area contributed by atoms with E-state index in [2.05, 4.69) is 86.6 Å². The van der Waals surface area contributed by atoms with E-state index in [4.69, 9.17) is 9.97 Å². The second kappa shape index (κ2) is 8.35. The molecule has 1 aromatic heterocycles. The number of hydrogen-bond donors (Lipinski definition) is 0. The maximum absolute atomic E-state index is 4.92. The van der Waals surface area contributed by atoms with Gasteiger partial charge in [-0.1, -0.05) is 80.1 Å². The summed E-state index contributed by atoms with van der Waals surface area (Å²) in [5.74, 6) is 0.965. The maximum Gasteiger partial charge on any atom is 0.129 e. The Morgan fingerprint density at radius 3 is 2.32 bits per heavy atom. The minimum Gasteiger partial charge on any atom is -0.237 e. The number of hydrogen-bond acceptors (Lipinski definition) is 2. The van der Waals surface area contributed by atoms with Crippen molar-refractivity contribution < 1.29 is 0 Å². The van der Waals surface area contributed by atoms with Crippen LogP contribution in [-0.2, 0) is 12.8 Å². The summed E-state index contributed by atoms with van der Waals surface area (Å²) >= 11 is 0. The molecule has 4 rings (SSSR count). The van der Waals surface area contributed by atoms with Gasteiger partial charge in [0.25, 0.3) is 0 Å². The lowest BCUT2D eigenvalue weighted by atomic mass is 9.98. The fraction of sp³-hybridized carbons (Fsp3) is 0.231. The van der Waals surface area contributed by atoms with Crippen LogP contribution in [0, 0.1) is 6.92 Å². The third-order valence-corrected chi connectivity index (χ3v) is 5.26. The van der Waals surface area contributed by atoms with Crippen molar-refractivity contribution in [2.24, 2.45) is 0 Å². The van der Waals surface area contributed by atoms with E-state index in [9.17, 15) is 0 Å². The van der Waals surface area contributed by atoms with Crippen molar-refractivity contribution in [3.8, 4) is 11.1 Å². The molecule has 0 saturated carbocycles. The van der Waals surface area contributed by atoms with Crippen molar-refractivity contribution in [3.05, 3.63) is 95.4 Å². The molecule has 0 amide bonds. The SMILES string of the molecule is CCCCc1nc(Cc2ccc(-c3ccccc3C)cc2)c2ccccc2n1. The molecule has 4 aromatic rings. The maximum atomic E-state index is 4.92. The molecule has 0 aliphatic carbocycles. The third kappa shape index (κ3) is 3.96. The first-order chi connectivity index (χ1) is 13.7. The van der Waals surface area contributed by atoms with E-state index in [1.54, 1.807) is 0 Å². The predicted octanol–water partition coefficient (Wildman–Crippen LogP) is 6.54. The molecule has 0 aliphatic rings. The van der Waals surface area contributed by atoms with Crippen LogP contribution >= 0.6 is 0 Å². The average Bonchev–Trinajstić information content (AvgIpc) is 2.73. The fourth-order valence-corrected chi connectivity index (χ4v) is 3.67. The highest BCUT2D eigenvalue weighted by Gasteiger charge is 2.09. The quantitative estimate of drug-likeness (QED) is 0.387. The molecule has 1 heterocycles. The van der Waals surface area contributed by atoms with E-state index >= 15 is 0 Å². The lowest BCUT2D eigenvalue weighted by Gasteiger charge is -2.10. The Kier molecular flexibility index (Phi) is 5.48. The van der Waals surface area contributed by atoms with E-state index in [0.717, 1.165) is 48.1 Å². The molecule has 0 aliphatic heterocycles. The highest BCUT2D eigenvalue weighted by atomic mass is 14.9. The fourth-order valence-electron chi connectivity index (χ4n) is 3.67. The van der Waals surface area contributed by atoms with Gasteiger partial charge in [-0.3, -0.25) is 0 Å². The zero-order valence-electron chi connectivity index (χ0n) is 16.7. The standard InChI is InChI=1S/C26H26N2/c1-3-4-13-26-27-24-12-8-7-11-23(24)25(28-26)18-20-14-16-21(17-15-20)22-10-6-5-9-19(22)2/h5-12,14-17H,3-4,13,18H2,1-2H3. The Bertz CT molecular complexity index is 1080. The number of unbranched alkanes of at least 4 members (excludes halogenated alkanes) is 1. The van der Waals surface area contributed by atoms with Gasteiger partial charge in [-0.2, -0.15) is 0 Å². The van der Waals surface area contributed by atoms with Crippen LogP contribution in [0.2, 0.25) is 0 Å². The molecule has 3 aromatic carbocycles. The summed E-state index contributed by atoms with van der Waals surface area (Å²) in [6.07, 6.45) is 4.06. The first kappa shape index (κ1) is 18.4. The molecule has 0 atom stereocenters. The van der Waals surface area contributed by atoms with Crippen molar-refractivity contribution >= 4 is 10.9 Å². The minimum absolute atomic E-state index is 0.830. The topological polar surface area (TPSA) is 25.8 Å². The molecule has 0 radical (unpaired) electrons. The first-order valence-corrected chi connectivity index (χ1v) is 10.1. The average molecular weight is 367 g/mol. The summed E-state index contributed by atoms with van der Waals surface area (Å²) in [6.45, 7) is 4.37. The minimum atomic E-state index is 0.830. The summed E-state index contributed by atoms with van der Waals surface area (Å²) in [4.78, 5) is 9.68. The van der Waals surface area contributed by atoms with Gasteiger partial charge >= 0.3 is 0 Å². The Morgan fingerprint density at radius 2 is 1.54 bits per heavy atom. The Labute approximate surface area is 167 Å². The summed E-state index contributed by atoms with van der Waals surface area (Å²) in [5.41, 5.74) is 7.32. The largest absolute Gasteiger partial charge is 0.237 e. The molecule has 0 fully saturated rings. The van der Waals surface area contributed by atoms with Crippen LogP contribution in [-0.4, -0.2) is 9.97 Å². The monoisotopic (exact) mass is 366 g/mol. The summed E-state index contributed by atoms with van der Waals surface area (Å²) in [5, 5.41) is 1.16. The Hall–Kier alpha value is -3.00. The lowest BCUT2D eigenvalue weighted by molar-refractivity contribution is 0.751. The molecular formula is C26H26N2. The molecule has 0 spiro atoms. The molecule has 0 saturated heterocycles. The van der Waals surface area contributed by atoms with Crippen LogP contribution in [0.4, 0.5) is 0 Å². The molecular weight excluding hydrogens is 340 g/mol. The number of aryl methyl sites for hydroxylation is 2. The molecule has 0 bridgehead atoms. The van der Waals surface area contributed by atoms with Gasteiger partial charge in [0.1, 0.15) is 5.82 Å². The Balaban J connectivity index is 1.65. The van der Waals surface area contributed by atoms with E-state index in [1.165, 1.54) is 22.3 Å². The number of rotatable bonds is 6. The van der Waals surface area contributed by atoms with Crippen molar-refractivity contribution in [3.63, 3.8) is 0 Å². The Morgan fingerprint density at radius 1 is 0.786 bits per heavy atom. The molecule has 0 N–H and O–H groups in total. The van der Waals surface area contributed by atoms with Gasteiger partial charge in [-0.15, -0.1) is 0 Å². The van der Waals surface area contributed by atoms with E-state index in [0.29, 0.717) is 0 Å². The highest BCUT2D eigenvalue weighted by molar-refractivity contribution is 5.81. The van der Waals surface area contributed by atoms with Crippen molar-refractivity contribution in [2.75, 3.05) is 0 Å². The lowest BCUT2D eigenvalue weighted by Crippen LogP contribution is -2.02. The van der Waals surface area contributed by atoms with Crippen LogP contribution in [0.3, 0.4) is 0 Å². The number of aromatic nitrogens is 2. The highest BCUT2D eigenvalue weighted by Crippen LogP contribution is 2.25. The first-order valence-electron chi connectivity index (χ1n) is 10.1. The van der Waals surface area contributed by atoms with Gasteiger partial charge in [-0.25, -0.2) is 9.97 Å². The zero-order valence-corrected chi connectivity index (χ0v) is 16.7. The van der Waals surface area contributed by atoms with Crippen LogP contribution in [0.1, 0.15) is 42.4 Å². The van der Waals surface area contributed by atoms with Crippen molar-refractivity contribution in [1.82, 2.24) is 9.97 Å². The van der Waals surface area contributed by atoms with Gasteiger partial charge in [0.05, 0.1) is 11.2 Å². The summed E-state index contributed by atoms with van der Waals surface area (Å²) < 4.78 is 0. The van der Waals surface area contributed by atoms with Crippen LogP contribution in [0.15, 0.2) is 72.8 Å². The van der Waals surface area contributed by atoms with Gasteiger partial charge in [0.15, 0.2) is 0 Å². The van der Waals surface area contributed by atoms with Crippen LogP contribution in [0.5, 0.6) is 0 Å². The molecule has 2 nitrogen and oxygen atoms in total. The predicted molar refractivity (Wildman–Crippen MR) is 118 cm³/mol. The molecule has 28 heavy (non-hydrogen) atoms. The smallest absolute Gasteiger partial charge is 0.129 e. The van der Waals surface area contributed by atoms with Crippen molar-refractivity contribution in [1.29, 1.82) is 0 Å². The van der Waals surface area contributed by atoms with Crippen LogP contribution < -0.4 is 0 Å². The zero-order chi connectivity index (χ0) is 19.3. The summed E-state index contributed by atoms with van der Waals surface area (Å²) in [7, 11) is 0. The van der Waals surface area contributed by atoms with Crippen molar-refractivity contribution in [2.45, 2.75) is 39.5 Å². The number of para-hydroxylation sites is 1. The van der Waals surface area contributed by atoms with E-state index < -0.39 is 0 Å². The molecule has 140 valence electrons. The molecule has 2 heteroatoms. The van der Waals surface area contributed by atoms with Gasteiger partial charge in [0.2, 0.25) is 0 Å². The third-order valence-electron chi connectivity index (χ3n) is 5.26. The van der Waals surface area contributed by atoms with Gasteiger partial charge in [-0.05, 0) is 41.7 Å². The summed E-state index contributed by atoms with van der Waals surface area (Å²) in [6, 6.07) is 25.8. The van der Waals surface area contributed by atoms with Gasteiger partial charge in [0, 0.05) is 18.2 Å².